The first-order valence-corrected chi connectivity index (χ1v) is 10.3. The first-order valence-electron chi connectivity index (χ1n) is 8.22. The molecule has 1 heterocycles. The Bertz CT molecular complexity index is 918. The summed E-state index contributed by atoms with van der Waals surface area (Å²) < 4.78 is 10.3. The lowest BCUT2D eigenvalue weighted by Gasteiger charge is -2.12. The highest BCUT2D eigenvalue weighted by Crippen LogP contribution is 2.16. The molecule has 0 aliphatic heterocycles. The molecule has 1 aromatic heterocycles. The highest BCUT2D eigenvalue weighted by atomic mass is 79.9. The number of hydrogen-bond acceptors (Lipinski definition) is 6. The third-order valence-electron chi connectivity index (χ3n) is 3.46. The minimum absolute atomic E-state index is 0.294. The molecule has 1 amide bonds. The number of thiocarbonyl (C=S) groups is 1. The van der Waals surface area contributed by atoms with Crippen LogP contribution in [0.2, 0.25) is 0 Å². The van der Waals surface area contributed by atoms with Gasteiger partial charge in [0.1, 0.15) is 12.4 Å². The number of benzene rings is 2. The molecule has 0 aliphatic rings. The fourth-order valence-corrected chi connectivity index (χ4v) is 3.06. The Balaban J connectivity index is 1.39. The predicted octanol–water partition coefficient (Wildman–Crippen LogP) is 3.92. The summed E-state index contributed by atoms with van der Waals surface area (Å²) in [7, 11) is 0. The SMILES string of the molecule is O=C(Nc1ccc(NC(=S)NCCOc2ccc(Br)cc2)cc1)c1csnn1. The molecule has 0 atom stereocenters. The quantitative estimate of drug-likeness (QED) is 0.351. The van der Waals surface area contributed by atoms with Gasteiger partial charge in [-0.3, -0.25) is 4.79 Å². The third kappa shape index (κ3) is 6.25. The van der Waals surface area contributed by atoms with Crippen LogP contribution < -0.4 is 20.7 Å². The van der Waals surface area contributed by atoms with Crippen molar-refractivity contribution in [1.82, 2.24) is 14.9 Å². The molecular weight excluding hydrogens is 462 g/mol. The smallest absolute Gasteiger partial charge is 0.277 e. The summed E-state index contributed by atoms with van der Waals surface area (Å²) in [6, 6.07) is 14.8. The fourth-order valence-electron chi connectivity index (χ4n) is 2.14. The molecule has 3 rings (SSSR count). The van der Waals surface area contributed by atoms with E-state index in [2.05, 4.69) is 41.5 Å². The zero-order chi connectivity index (χ0) is 19.8. The Morgan fingerprint density at radius 3 is 2.39 bits per heavy atom. The van der Waals surface area contributed by atoms with Gasteiger partial charge in [-0.1, -0.05) is 20.4 Å². The first-order chi connectivity index (χ1) is 13.6. The highest BCUT2D eigenvalue weighted by molar-refractivity contribution is 9.10. The number of ether oxygens (including phenoxy) is 1. The molecule has 10 heteroatoms. The van der Waals surface area contributed by atoms with E-state index in [-0.39, 0.29) is 5.91 Å². The van der Waals surface area contributed by atoms with Crippen LogP contribution in [0.25, 0.3) is 0 Å². The lowest BCUT2D eigenvalue weighted by Crippen LogP contribution is -2.31. The fraction of sp³-hybridized carbons (Fsp3) is 0.111. The van der Waals surface area contributed by atoms with Crippen LogP contribution in [0.5, 0.6) is 5.75 Å². The van der Waals surface area contributed by atoms with Crippen molar-refractivity contribution >= 4 is 62.1 Å². The molecule has 0 radical (unpaired) electrons. The number of halogens is 1. The molecule has 0 saturated carbocycles. The molecule has 0 fully saturated rings. The molecule has 0 unspecified atom stereocenters. The van der Waals surface area contributed by atoms with E-state index in [4.69, 9.17) is 17.0 Å². The Labute approximate surface area is 179 Å². The maximum Gasteiger partial charge on any atom is 0.277 e. The van der Waals surface area contributed by atoms with Gasteiger partial charge in [-0.05, 0) is 72.3 Å². The monoisotopic (exact) mass is 477 g/mol. The van der Waals surface area contributed by atoms with Gasteiger partial charge in [-0.2, -0.15) is 0 Å². The van der Waals surface area contributed by atoms with Gasteiger partial charge >= 0.3 is 0 Å². The van der Waals surface area contributed by atoms with Gasteiger partial charge in [0.15, 0.2) is 10.8 Å². The van der Waals surface area contributed by atoms with Gasteiger partial charge in [0.25, 0.3) is 5.91 Å². The topological polar surface area (TPSA) is 88.2 Å². The van der Waals surface area contributed by atoms with E-state index >= 15 is 0 Å². The van der Waals surface area contributed by atoms with Crippen molar-refractivity contribution in [2.24, 2.45) is 0 Å². The van der Waals surface area contributed by atoms with Gasteiger partial charge in [-0.15, -0.1) is 5.10 Å². The Morgan fingerprint density at radius 1 is 1.07 bits per heavy atom. The number of aromatic nitrogens is 2. The summed E-state index contributed by atoms with van der Waals surface area (Å²) in [5.74, 6) is 0.507. The van der Waals surface area contributed by atoms with E-state index in [0.717, 1.165) is 27.4 Å². The molecule has 0 bridgehead atoms. The van der Waals surface area contributed by atoms with Crippen LogP contribution in [0.15, 0.2) is 58.4 Å². The maximum absolute atomic E-state index is 11.9. The van der Waals surface area contributed by atoms with Crippen molar-refractivity contribution in [2.45, 2.75) is 0 Å². The number of amides is 1. The molecule has 3 aromatic rings. The van der Waals surface area contributed by atoms with Gasteiger partial charge in [0, 0.05) is 21.2 Å². The van der Waals surface area contributed by atoms with Crippen LogP contribution in [0, 0.1) is 0 Å². The predicted molar refractivity (Wildman–Crippen MR) is 118 cm³/mol. The van der Waals surface area contributed by atoms with Crippen LogP contribution in [0.3, 0.4) is 0 Å². The van der Waals surface area contributed by atoms with Crippen LogP contribution >= 0.6 is 39.7 Å². The molecule has 0 saturated heterocycles. The Morgan fingerprint density at radius 2 is 1.75 bits per heavy atom. The van der Waals surface area contributed by atoms with Crippen LogP contribution in [0.1, 0.15) is 10.5 Å². The molecule has 0 spiro atoms. The maximum atomic E-state index is 11.9. The molecule has 3 N–H and O–H groups in total. The van der Waals surface area contributed by atoms with Crippen molar-refractivity contribution in [3.05, 3.63) is 64.1 Å². The van der Waals surface area contributed by atoms with Crippen molar-refractivity contribution in [3.63, 3.8) is 0 Å². The van der Waals surface area contributed by atoms with Crippen molar-refractivity contribution in [1.29, 1.82) is 0 Å². The molecule has 7 nitrogen and oxygen atoms in total. The number of nitrogens with one attached hydrogen (secondary N) is 3. The number of anilines is 2. The van der Waals surface area contributed by atoms with Crippen LogP contribution in [-0.4, -0.2) is 33.8 Å². The summed E-state index contributed by atoms with van der Waals surface area (Å²) in [6.07, 6.45) is 0. The average Bonchev–Trinajstić information content (AvgIpc) is 3.23. The molecule has 2 aromatic carbocycles. The summed E-state index contributed by atoms with van der Waals surface area (Å²) in [4.78, 5) is 11.9. The van der Waals surface area contributed by atoms with Crippen molar-refractivity contribution in [2.75, 3.05) is 23.8 Å². The molecule has 28 heavy (non-hydrogen) atoms. The lowest BCUT2D eigenvalue weighted by molar-refractivity contribution is 0.102. The number of carbonyl (C=O) groups is 1. The van der Waals surface area contributed by atoms with E-state index < -0.39 is 0 Å². The van der Waals surface area contributed by atoms with E-state index in [1.807, 2.05) is 36.4 Å². The van der Waals surface area contributed by atoms with Crippen molar-refractivity contribution in [3.8, 4) is 5.75 Å². The van der Waals surface area contributed by atoms with Gasteiger partial charge in [0.05, 0.1) is 6.54 Å². The number of carbonyl (C=O) groups excluding carboxylic acids is 1. The Hall–Kier alpha value is -2.56. The number of hydrogen-bond donors (Lipinski definition) is 3. The van der Waals surface area contributed by atoms with Gasteiger partial charge in [-0.25, -0.2) is 0 Å². The molecular formula is C18H16BrN5O2S2. The first kappa shape index (κ1) is 20.2. The van der Waals surface area contributed by atoms with Gasteiger partial charge < -0.3 is 20.7 Å². The largest absolute Gasteiger partial charge is 0.492 e. The van der Waals surface area contributed by atoms with Crippen LogP contribution in [-0.2, 0) is 0 Å². The van der Waals surface area contributed by atoms with Crippen LogP contribution in [0.4, 0.5) is 11.4 Å². The minimum Gasteiger partial charge on any atom is -0.492 e. The summed E-state index contributed by atoms with van der Waals surface area (Å²) in [6.45, 7) is 1.05. The zero-order valence-electron chi connectivity index (χ0n) is 14.5. The number of rotatable bonds is 7. The van der Waals surface area contributed by atoms with E-state index in [1.54, 1.807) is 17.5 Å². The van der Waals surface area contributed by atoms with Gasteiger partial charge in [0.2, 0.25) is 0 Å². The third-order valence-corrected chi connectivity index (χ3v) is 4.74. The molecule has 144 valence electrons. The van der Waals surface area contributed by atoms with Crippen molar-refractivity contribution < 1.29 is 9.53 Å². The highest BCUT2D eigenvalue weighted by Gasteiger charge is 2.08. The zero-order valence-corrected chi connectivity index (χ0v) is 17.7. The summed E-state index contributed by atoms with van der Waals surface area (Å²) in [5.41, 5.74) is 1.76. The second-order valence-electron chi connectivity index (χ2n) is 5.50. The lowest BCUT2D eigenvalue weighted by atomic mass is 10.2. The normalized spacial score (nSPS) is 10.2. The second-order valence-corrected chi connectivity index (χ2v) is 7.44. The molecule has 0 aliphatic carbocycles. The average molecular weight is 478 g/mol. The van der Waals surface area contributed by atoms with E-state index in [9.17, 15) is 4.79 Å². The van der Waals surface area contributed by atoms with E-state index in [0.29, 0.717) is 29.6 Å². The summed E-state index contributed by atoms with van der Waals surface area (Å²) >= 11 is 9.79. The summed E-state index contributed by atoms with van der Waals surface area (Å²) in [5, 5.41) is 14.7. The number of nitrogens with zero attached hydrogens (tertiary/aromatic N) is 2. The van der Waals surface area contributed by atoms with E-state index in [1.165, 1.54) is 0 Å². The second kappa shape index (κ2) is 10.1. The Kier molecular flexibility index (Phi) is 7.29. The minimum atomic E-state index is -0.294. The standard InChI is InChI=1S/C18H16BrN5O2S2/c19-12-1-7-15(8-2-12)26-10-9-20-18(27)22-14-5-3-13(4-6-14)21-17(25)16-11-28-24-23-16/h1-8,11H,9-10H2,(H,21,25)(H2,20,22,27).